The Morgan fingerprint density at radius 2 is 2.25 bits per heavy atom. The summed E-state index contributed by atoms with van der Waals surface area (Å²) < 4.78 is 5.22. The molecule has 0 aromatic carbocycles. The fourth-order valence-electron chi connectivity index (χ4n) is 2.29. The molecule has 3 unspecified atom stereocenters. The van der Waals surface area contributed by atoms with E-state index in [1.165, 1.54) is 12.8 Å². The van der Waals surface area contributed by atoms with Crippen molar-refractivity contribution < 1.29 is 9.84 Å². The fraction of sp³-hybridized carbons (Fsp3) is 1.00. The predicted molar refractivity (Wildman–Crippen MR) is 65.3 cm³/mol. The van der Waals surface area contributed by atoms with Crippen LogP contribution in [0.2, 0.25) is 0 Å². The van der Waals surface area contributed by atoms with Crippen molar-refractivity contribution in [3.8, 4) is 0 Å². The molecule has 0 spiro atoms. The molecule has 1 heterocycles. The summed E-state index contributed by atoms with van der Waals surface area (Å²) in [6.07, 6.45) is 2.03. The van der Waals surface area contributed by atoms with Crippen molar-refractivity contribution in [2.45, 2.75) is 38.8 Å². The Morgan fingerprint density at radius 3 is 2.88 bits per heavy atom. The van der Waals surface area contributed by atoms with Gasteiger partial charge in [-0.2, -0.15) is 0 Å². The maximum atomic E-state index is 9.81. The van der Waals surface area contributed by atoms with Crippen molar-refractivity contribution in [3.63, 3.8) is 0 Å². The van der Waals surface area contributed by atoms with Crippen LogP contribution in [-0.2, 0) is 4.74 Å². The highest BCUT2D eigenvalue weighted by Gasteiger charge is 2.25. The molecular formula is C12H26N2O2. The normalized spacial score (nSPS) is 29.2. The van der Waals surface area contributed by atoms with E-state index in [4.69, 9.17) is 10.5 Å². The molecule has 1 fully saturated rings. The molecule has 0 aromatic heterocycles. The summed E-state index contributed by atoms with van der Waals surface area (Å²) in [5, 5.41) is 9.81. The van der Waals surface area contributed by atoms with Gasteiger partial charge >= 0.3 is 0 Å². The van der Waals surface area contributed by atoms with Crippen LogP contribution in [0.3, 0.4) is 0 Å². The number of likely N-dealkylation sites (tertiary alicyclic amines) is 1. The second-order valence-corrected chi connectivity index (χ2v) is 4.80. The van der Waals surface area contributed by atoms with E-state index in [0.29, 0.717) is 31.7 Å². The Labute approximate surface area is 98.8 Å². The Hall–Kier alpha value is -0.160. The first-order chi connectivity index (χ1) is 7.67. The second-order valence-electron chi connectivity index (χ2n) is 4.80. The molecule has 16 heavy (non-hydrogen) atoms. The van der Waals surface area contributed by atoms with Gasteiger partial charge in [0.1, 0.15) is 0 Å². The van der Waals surface area contributed by atoms with Crippen molar-refractivity contribution in [2.75, 3.05) is 32.8 Å². The van der Waals surface area contributed by atoms with Gasteiger partial charge in [0.05, 0.1) is 12.7 Å². The molecule has 0 amide bonds. The summed E-state index contributed by atoms with van der Waals surface area (Å²) in [5.41, 5.74) is 5.71. The SMILES string of the molecule is CCOCC(O)CN1CC(CN)CCC1C. The van der Waals surface area contributed by atoms with E-state index in [1.54, 1.807) is 0 Å². The highest BCUT2D eigenvalue weighted by molar-refractivity contribution is 4.80. The molecule has 4 heteroatoms. The smallest absolute Gasteiger partial charge is 0.0900 e. The van der Waals surface area contributed by atoms with Gasteiger partial charge in [0.15, 0.2) is 0 Å². The Bertz CT molecular complexity index is 190. The molecule has 1 saturated heterocycles. The third kappa shape index (κ3) is 4.37. The lowest BCUT2D eigenvalue weighted by Crippen LogP contribution is -2.47. The number of piperidine rings is 1. The van der Waals surface area contributed by atoms with E-state index in [2.05, 4.69) is 11.8 Å². The fourth-order valence-corrected chi connectivity index (χ4v) is 2.29. The zero-order chi connectivity index (χ0) is 12.0. The maximum absolute atomic E-state index is 9.81. The lowest BCUT2D eigenvalue weighted by molar-refractivity contribution is 0.00125. The molecule has 96 valence electrons. The van der Waals surface area contributed by atoms with Crippen LogP contribution in [0.1, 0.15) is 26.7 Å². The van der Waals surface area contributed by atoms with Crippen molar-refractivity contribution in [3.05, 3.63) is 0 Å². The summed E-state index contributed by atoms with van der Waals surface area (Å²) in [4.78, 5) is 2.34. The monoisotopic (exact) mass is 230 g/mol. The zero-order valence-electron chi connectivity index (χ0n) is 10.6. The standard InChI is InChI=1S/C12H26N2O2/c1-3-16-9-12(15)8-14-7-11(6-13)5-4-10(14)2/h10-12,15H,3-9,13H2,1-2H3. The number of nitrogens with two attached hydrogens (primary N) is 1. The second kappa shape index (κ2) is 7.22. The van der Waals surface area contributed by atoms with E-state index in [0.717, 1.165) is 13.1 Å². The number of ether oxygens (including phenoxy) is 1. The van der Waals surface area contributed by atoms with Gasteiger partial charge in [0.25, 0.3) is 0 Å². The molecule has 1 aliphatic heterocycles. The van der Waals surface area contributed by atoms with E-state index in [1.807, 2.05) is 6.92 Å². The van der Waals surface area contributed by atoms with E-state index < -0.39 is 0 Å². The van der Waals surface area contributed by atoms with E-state index >= 15 is 0 Å². The molecule has 0 aliphatic carbocycles. The lowest BCUT2D eigenvalue weighted by atomic mass is 9.93. The van der Waals surface area contributed by atoms with Crippen LogP contribution in [0.25, 0.3) is 0 Å². The Balaban J connectivity index is 2.32. The topological polar surface area (TPSA) is 58.7 Å². The van der Waals surface area contributed by atoms with Crippen molar-refractivity contribution in [2.24, 2.45) is 11.7 Å². The highest BCUT2D eigenvalue weighted by Crippen LogP contribution is 2.21. The lowest BCUT2D eigenvalue weighted by Gasteiger charge is -2.38. The molecule has 0 saturated carbocycles. The molecule has 3 atom stereocenters. The van der Waals surface area contributed by atoms with Crippen LogP contribution in [0.15, 0.2) is 0 Å². The van der Waals surface area contributed by atoms with Crippen molar-refractivity contribution in [1.29, 1.82) is 0 Å². The third-order valence-corrected chi connectivity index (χ3v) is 3.40. The number of nitrogens with zero attached hydrogens (tertiary/aromatic N) is 1. The summed E-state index contributed by atoms with van der Waals surface area (Å²) >= 11 is 0. The average molecular weight is 230 g/mol. The number of aliphatic hydroxyl groups is 1. The summed E-state index contributed by atoms with van der Waals surface area (Å²) in [6.45, 7) is 7.75. The molecule has 0 radical (unpaired) electrons. The summed E-state index contributed by atoms with van der Waals surface area (Å²) in [5.74, 6) is 0.593. The summed E-state index contributed by atoms with van der Waals surface area (Å²) in [6, 6.07) is 0.555. The summed E-state index contributed by atoms with van der Waals surface area (Å²) in [7, 11) is 0. The Morgan fingerprint density at radius 1 is 1.50 bits per heavy atom. The van der Waals surface area contributed by atoms with Crippen LogP contribution in [-0.4, -0.2) is 55.0 Å². The van der Waals surface area contributed by atoms with Gasteiger partial charge in [-0.05, 0) is 39.2 Å². The minimum Gasteiger partial charge on any atom is -0.389 e. The van der Waals surface area contributed by atoms with Gasteiger partial charge in [-0.1, -0.05) is 0 Å². The van der Waals surface area contributed by atoms with Gasteiger partial charge in [-0.15, -0.1) is 0 Å². The van der Waals surface area contributed by atoms with Crippen LogP contribution in [0.5, 0.6) is 0 Å². The number of hydrogen-bond donors (Lipinski definition) is 2. The van der Waals surface area contributed by atoms with Crippen LogP contribution in [0, 0.1) is 5.92 Å². The van der Waals surface area contributed by atoms with Crippen molar-refractivity contribution in [1.82, 2.24) is 4.90 Å². The molecule has 1 rings (SSSR count). The van der Waals surface area contributed by atoms with Gasteiger partial charge in [-0.3, -0.25) is 4.90 Å². The molecule has 4 nitrogen and oxygen atoms in total. The van der Waals surface area contributed by atoms with E-state index in [9.17, 15) is 5.11 Å². The minimum absolute atomic E-state index is 0.376. The van der Waals surface area contributed by atoms with Gasteiger partial charge in [0, 0.05) is 25.7 Å². The molecule has 0 aromatic rings. The first kappa shape index (κ1) is 13.9. The highest BCUT2D eigenvalue weighted by atomic mass is 16.5. The molecule has 1 aliphatic rings. The quantitative estimate of drug-likeness (QED) is 0.695. The van der Waals surface area contributed by atoms with Crippen LogP contribution >= 0.6 is 0 Å². The zero-order valence-corrected chi connectivity index (χ0v) is 10.6. The van der Waals surface area contributed by atoms with Gasteiger partial charge in [0.2, 0.25) is 0 Å². The molecule has 0 bridgehead atoms. The first-order valence-corrected chi connectivity index (χ1v) is 6.37. The minimum atomic E-state index is -0.376. The van der Waals surface area contributed by atoms with Crippen LogP contribution < -0.4 is 5.73 Å². The molecule has 3 N–H and O–H groups in total. The largest absolute Gasteiger partial charge is 0.389 e. The number of hydrogen-bond acceptors (Lipinski definition) is 4. The number of aliphatic hydroxyl groups excluding tert-OH is 1. The number of rotatable bonds is 6. The molecular weight excluding hydrogens is 204 g/mol. The van der Waals surface area contributed by atoms with E-state index in [-0.39, 0.29) is 6.10 Å². The number of β-amino-alcohol motifs (C(OH)–C–C–N with tert-alkyl or cyclic N) is 1. The van der Waals surface area contributed by atoms with Gasteiger partial charge in [-0.25, -0.2) is 0 Å². The predicted octanol–water partition coefficient (Wildman–Crippen LogP) is 0.443. The first-order valence-electron chi connectivity index (χ1n) is 6.37. The van der Waals surface area contributed by atoms with Crippen molar-refractivity contribution >= 4 is 0 Å². The van der Waals surface area contributed by atoms with Crippen LogP contribution in [0.4, 0.5) is 0 Å². The third-order valence-electron chi connectivity index (χ3n) is 3.40. The van der Waals surface area contributed by atoms with Gasteiger partial charge < -0.3 is 15.6 Å². The average Bonchev–Trinajstić information content (AvgIpc) is 2.29. The maximum Gasteiger partial charge on any atom is 0.0900 e. The Kier molecular flexibility index (Phi) is 6.28.